The van der Waals surface area contributed by atoms with E-state index in [4.69, 9.17) is 0 Å². The fourth-order valence-electron chi connectivity index (χ4n) is 2.37. The zero-order valence-corrected chi connectivity index (χ0v) is 17.3. The summed E-state index contributed by atoms with van der Waals surface area (Å²) in [4.78, 5) is 6.34. The molecule has 0 saturated carbocycles. The highest BCUT2D eigenvalue weighted by atomic mass is 127. The average Bonchev–Trinajstić information content (AvgIpc) is 2.56. The van der Waals surface area contributed by atoms with Crippen LogP contribution in [0.3, 0.4) is 0 Å². The molecule has 0 radical (unpaired) electrons. The van der Waals surface area contributed by atoms with Crippen LogP contribution in [0.1, 0.15) is 16.7 Å². The van der Waals surface area contributed by atoms with Gasteiger partial charge in [-0.05, 0) is 42.9 Å². The molecule has 6 heteroatoms. The fourth-order valence-corrected chi connectivity index (χ4v) is 2.37. The van der Waals surface area contributed by atoms with Gasteiger partial charge in [0.05, 0.1) is 0 Å². The van der Waals surface area contributed by atoms with Crippen LogP contribution in [0.25, 0.3) is 0 Å². The monoisotopic (exact) mass is 456 g/mol. The molecule has 2 aromatic rings. The van der Waals surface area contributed by atoms with Gasteiger partial charge in [0.25, 0.3) is 0 Å². The highest BCUT2D eigenvalue weighted by molar-refractivity contribution is 14.0. The molecular weight excluding hydrogens is 430 g/mol. The topological polar surface area (TPSA) is 39.7 Å². The lowest BCUT2D eigenvalue weighted by molar-refractivity contribution is 0.402. The van der Waals surface area contributed by atoms with E-state index in [1.54, 1.807) is 13.1 Å². The molecule has 4 nitrogen and oxygen atoms in total. The van der Waals surface area contributed by atoms with E-state index in [2.05, 4.69) is 58.9 Å². The minimum Gasteiger partial charge on any atom is -0.352 e. The van der Waals surface area contributed by atoms with Crippen molar-refractivity contribution in [1.82, 2.24) is 15.5 Å². The highest BCUT2D eigenvalue weighted by Gasteiger charge is 2.01. The largest absolute Gasteiger partial charge is 0.352 e. The molecule has 0 fully saturated rings. The first-order chi connectivity index (χ1) is 11.6. The Hall–Kier alpha value is -1.67. The van der Waals surface area contributed by atoms with Gasteiger partial charge >= 0.3 is 0 Å². The molecule has 0 heterocycles. The SMILES string of the molecule is CN=C(NCc1ccc(CN(C)C)cc1)NCc1cccc(F)c1.I. The maximum Gasteiger partial charge on any atom is 0.191 e. The lowest BCUT2D eigenvalue weighted by Crippen LogP contribution is -2.36. The molecule has 0 spiro atoms. The van der Waals surface area contributed by atoms with Crippen LogP contribution in [0, 0.1) is 5.82 Å². The van der Waals surface area contributed by atoms with E-state index >= 15 is 0 Å². The third-order valence-corrected chi connectivity index (χ3v) is 3.55. The number of benzene rings is 2. The summed E-state index contributed by atoms with van der Waals surface area (Å²) in [7, 11) is 5.84. The van der Waals surface area contributed by atoms with Crippen LogP contribution < -0.4 is 10.6 Å². The van der Waals surface area contributed by atoms with Crippen LogP contribution in [0.2, 0.25) is 0 Å². The normalized spacial score (nSPS) is 11.2. The molecular formula is C19H26FIN4. The maximum absolute atomic E-state index is 13.2. The smallest absolute Gasteiger partial charge is 0.191 e. The lowest BCUT2D eigenvalue weighted by Gasteiger charge is -2.13. The molecule has 0 atom stereocenters. The van der Waals surface area contributed by atoms with Gasteiger partial charge in [0.15, 0.2) is 5.96 Å². The Morgan fingerprint density at radius 1 is 0.960 bits per heavy atom. The van der Waals surface area contributed by atoms with Crippen LogP contribution in [-0.4, -0.2) is 32.0 Å². The third-order valence-electron chi connectivity index (χ3n) is 3.55. The van der Waals surface area contributed by atoms with Crippen molar-refractivity contribution in [3.05, 3.63) is 71.0 Å². The quantitative estimate of drug-likeness (QED) is 0.398. The molecule has 0 aliphatic carbocycles. The van der Waals surface area contributed by atoms with Crippen LogP contribution in [0.4, 0.5) is 4.39 Å². The Balaban J connectivity index is 0.00000312. The molecule has 0 unspecified atom stereocenters. The second-order valence-electron chi connectivity index (χ2n) is 5.96. The van der Waals surface area contributed by atoms with Crippen LogP contribution in [-0.2, 0) is 19.6 Å². The van der Waals surface area contributed by atoms with Gasteiger partial charge < -0.3 is 15.5 Å². The molecule has 0 aliphatic rings. The Morgan fingerprint density at radius 2 is 1.56 bits per heavy atom. The Morgan fingerprint density at radius 3 is 2.12 bits per heavy atom. The first-order valence-corrected chi connectivity index (χ1v) is 7.98. The predicted octanol–water partition coefficient (Wildman–Crippen LogP) is 3.37. The molecule has 0 aliphatic heterocycles. The molecule has 0 saturated heterocycles. The number of nitrogens with zero attached hydrogens (tertiary/aromatic N) is 2. The molecule has 136 valence electrons. The van der Waals surface area contributed by atoms with Crippen molar-refractivity contribution in [1.29, 1.82) is 0 Å². The minimum atomic E-state index is -0.227. The summed E-state index contributed by atoms with van der Waals surface area (Å²) < 4.78 is 13.2. The average molecular weight is 456 g/mol. The van der Waals surface area contributed by atoms with Crippen molar-refractivity contribution in [2.45, 2.75) is 19.6 Å². The minimum absolute atomic E-state index is 0. The van der Waals surface area contributed by atoms with Crippen molar-refractivity contribution in [2.24, 2.45) is 4.99 Å². The van der Waals surface area contributed by atoms with Crippen LogP contribution in [0.15, 0.2) is 53.5 Å². The first kappa shape index (κ1) is 21.4. The highest BCUT2D eigenvalue weighted by Crippen LogP contribution is 2.06. The standard InChI is InChI=1S/C19H25FN4.HI/c1-21-19(23-13-17-5-4-6-18(20)11-17)22-12-15-7-9-16(10-8-15)14-24(2)3;/h4-11H,12-14H2,1-3H3,(H2,21,22,23);1H. The van der Waals surface area contributed by atoms with Crippen molar-refractivity contribution in [3.63, 3.8) is 0 Å². The van der Waals surface area contributed by atoms with Crippen LogP contribution in [0.5, 0.6) is 0 Å². The fraction of sp³-hybridized carbons (Fsp3) is 0.316. The summed E-state index contributed by atoms with van der Waals surface area (Å²) in [5.41, 5.74) is 3.36. The number of guanidine groups is 1. The first-order valence-electron chi connectivity index (χ1n) is 7.98. The summed E-state index contributed by atoms with van der Waals surface area (Å²) in [5.74, 6) is 0.465. The van der Waals surface area contributed by atoms with Gasteiger partial charge in [-0.15, -0.1) is 24.0 Å². The number of halogens is 2. The van der Waals surface area contributed by atoms with Gasteiger partial charge in [-0.2, -0.15) is 0 Å². The molecule has 2 rings (SSSR count). The maximum atomic E-state index is 13.2. The van der Waals surface area contributed by atoms with Gasteiger partial charge in [-0.25, -0.2) is 4.39 Å². The molecule has 0 bridgehead atoms. The molecule has 0 amide bonds. The van der Waals surface area contributed by atoms with Gasteiger partial charge in [0, 0.05) is 26.7 Å². The van der Waals surface area contributed by atoms with E-state index in [9.17, 15) is 4.39 Å². The van der Waals surface area contributed by atoms with Gasteiger partial charge in [-0.3, -0.25) is 4.99 Å². The molecule has 25 heavy (non-hydrogen) atoms. The number of aliphatic imine (C=N–C) groups is 1. The summed E-state index contributed by atoms with van der Waals surface area (Å²) in [6.45, 7) is 2.15. The van der Waals surface area contributed by atoms with E-state index in [0.29, 0.717) is 19.0 Å². The van der Waals surface area contributed by atoms with E-state index in [0.717, 1.165) is 12.1 Å². The van der Waals surface area contributed by atoms with Gasteiger partial charge in [-0.1, -0.05) is 36.4 Å². The molecule has 2 N–H and O–H groups in total. The Bertz CT molecular complexity index is 671. The van der Waals surface area contributed by atoms with Crippen molar-refractivity contribution in [3.8, 4) is 0 Å². The second-order valence-corrected chi connectivity index (χ2v) is 5.96. The Kier molecular flexibility index (Phi) is 9.44. The molecule has 2 aromatic carbocycles. The van der Waals surface area contributed by atoms with E-state index < -0.39 is 0 Å². The zero-order chi connectivity index (χ0) is 17.4. The number of hydrogen-bond donors (Lipinski definition) is 2. The summed E-state index contributed by atoms with van der Waals surface area (Å²) in [6.07, 6.45) is 0. The third kappa shape index (κ3) is 7.83. The Labute approximate surface area is 166 Å². The van der Waals surface area contributed by atoms with Crippen molar-refractivity contribution in [2.75, 3.05) is 21.1 Å². The summed E-state index contributed by atoms with van der Waals surface area (Å²) in [6, 6.07) is 15.1. The number of rotatable bonds is 6. The van der Waals surface area contributed by atoms with E-state index in [1.165, 1.54) is 23.3 Å². The van der Waals surface area contributed by atoms with Gasteiger partial charge in [0.1, 0.15) is 5.82 Å². The number of nitrogens with one attached hydrogen (secondary N) is 2. The van der Waals surface area contributed by atoms with E-state index in [1.807, 2.05) is 6.07 Å². The lowest BCUT2D eigenvalue weighted by atomic mass is 10.1. The van der Waals surface area contributed by atoms with E-state index in [-0.39, 0.29) is 29.8 Å². The molecule has 0 aromatic heterocycles. The van der Waals surface area contributed by atoms with Crippen molar-refractivity contribution < 1.29 is 4.39 Å². The second kappa shape index (κ2) is 11.0. The predicted molar refractivity (Wildman–Crippen MR) is 113 cm³/mol. The zero-order valence-electron chi connectivity index (χ0n) is 14.9. The summed E-state index contributed by atoms with van der Waals surface area (Å²) in [5, 5.41) is 6.45. The number of hydrogen-bond acceptors (Lipinski definition) is 2. The van der Waals surface area contributed by atoms with Crippen molar-refractivity contribution >= 4 is 29.9 Å². The van der Waals surface area contributed by atoms with Crippen LogP contribution >= 0.6 is 24.0 Å². The summed E-state index contributed by atoms with van der Waals surface area (Å²) >= 11 is 0. The van der Waals surface area contributed by atoms with Gasteiger partial charge in [0.2, 0.25) is 0 Å².